The van der Waals surface area contributed by atoms with Gasteiger partial charge in [0.15, 0.2) is 0 Å². The fourth-order valence-electron chi connectivity index (χ4n) is 2.22. The zero-order valence-corrected chi connectivity index (χ0v) is 10.7. The van der Waals surface area contributed by atoms with Crippen molar-refractivity contribution in [2.45, 2.75) is 38.7 Å². The molecule has 0 bridgehead atoms. The molecule has 2 rings (SSSR count). The maximum absolute atomic E-state index is 12.0. The molecule has 4 heteroatoms. The SMILES string of the molecule is CCNc1ccccc1C(=O)NOC1CCCC1. The van der Waals surface area contributed by atoms with E-state index in [4.69, 9.17) is 4.84 Å². The number of hydroxylamine groups is 1. The van der Waals surface area contributed by atoms with Crippen LogP contribution in [0.15, 0.2) is 24.3 Å². The molecule has 98 valence electrons. The number of carbonyl (C=O) groups is 1. The summed E-state index contributed by atoms with van der Waals surface area (Å²) in [6, 6.07) is 7.46. The van der Waals surface area contributed by atoms with Gasteiger partial charge in [0, 0.05) is 12.2 Å². The summed E-state index contributed by atoms with van der Waals surface area (Å²) in [5, 5.41) is 3.17. The molecule has 0 unspecified atom stereocenters. The van der Waals surface area contributed by atoms with Crippen LogP contribution in [-0.4, -0.2) is 18.6 Å². The van der Waals surface area contributed by atoms with E-state index in [0.29, 0.717) is 5.56 Å². The molecular formula is C14H20N2O2. The maximum atomic E-state index is 12.0. The number of para-hydroxylation sites is 1. The van der Waals surface area contributed by atoms with E-state index in [1.54, 1.807) is 6.07 Å². The molecule has 1 aliphatic carbocycles. The highest BCUT2D eigenvalue weighted by Gasteiger charge is 2.18. The molecule has 2 N–H and O–H groups in total. The lowest BCUT2D eigenvalue weighted by Crippen LogP contribution is -2.28. The predicted octanol–water partition coefficient (Wildman–Crippen LogP) is 2.72. The van der Waals surface area contributed by atoms with Crippen LogP contribution in [0.2, 0.25) is 0 Å². The topological polar surface area (TPSA) is 50.4 Å². The molecule has 0 heterocycles. The monoisotopic (exact) mass is 248 g/mol. The van der Waals surface area contributed by atoms with Crippen molar-refractivity contribution in [3.8, 4) is 0 Å². The van der Waals surface area contributed by atoms with E-state index in [-0.39, 0.29) is 12.0 Å². The van der Waals surface area contributed by atoms with Gasteiger partial charge >= 0.3 is 0 Å². The van der Waals surface area contributed by atoms with Gasteiger partial charge in [0.2, 0.25) is 0 Å². The quantitative estimate of drug-likeness (QED) is 0.788. The van der Waals surface area contributed by atoms with Gasteiger partial charge in [0.05, 0.1) is 11.7 Å². The Bertz CT molecular complexity index is 401. The third-order valence-electron chi connectivity index (χ3n) is 3.16. The Hall–Kier alpha value is -1.55. The number of amides is 1. The van der Waals surface area contributed by atoms with Crippen LogP contribution < -0.4 is 10.8 Å². The fourth-order valence-corrected chi connectivity index (χ4v) is 2.22. The smallest absolute Gasteiger partial charge is 0.276 e. The second-order valence-electron chi connectivity index (χ2n) is 4.53. The average molecular weight is 248 g/mol. The minimum absolute atomic E-state index is 0.181. The van der Waals surface area contributed by atoms with Gasteiger partial charge in [-0.15, -0.1) is 0 Å². The lowest BCUT2D eigenvalue weighted by Gasteiger charge is -2.13. The fraction of sp³-hybridized carbons (Fsp3) is 0.500. The molecule has 1 aliphatic rings. The van der Waals surface area contributed by atoms with E-state index in [2.05, 4.69) is 10.8 Å². The predicted molar refractivity (Wildman–Crippen MR) is 71.4 cm³/mol. The summed E-state index contributed by atoms with van der Waals surface area (Å²) in [5.74, 6) is -0.182. The van der Waals surface area contributed by atoms with Crippen LogP contribution in [0.5, 0.6) is 0 Å². The molecule has 1 aromatic rings. The summed E-state index contributed by atoms with van der Waals surface area (Å²) in [4.78, 5) is 17.4. The van der Waals surface area contributed by atoms with Crippen molar-refractivity contribution in [3.05, 3.63) is 29.8 Å². The lowest BCUT2D eigenvalue weighted by molar-refractivity contribution is -0.0124. The Balaban J connectivity index is 1.94. The van der Waals surface area contributed by atoms with Crippen molar-refractivity contribution < 1.29 is 9.63 Å². The molecule has 1 fully saturated rings. The minimum Gasteiger partial charge on any atom is -0.385 e. The summed E-state index contributed by atoms with van der Waals surface area (Å²) in [5.41, 5.74) is 4.02. The number of nitrogens with one attached hydrogen (secondary N) is 2. The molecule has 0 aromatic heterocycles. The second-order valence-corrected chi connectivity index (χ2v) is 4.53. The number of benzene rings is 1. The summed E-state index contributed by atoms with van der Waals surface area (Å²) < 4.78 is 0. The molecule has 0 spiro atoms. The van der Waals surface area contributed by atoms with Gasteiger partial charge in [-0.05, 0) is 31.9 Å². The number of carbonyl (C=O) groups excluding carboxylic acids is 1. The number of hydrogen-bond acceptors (Lipinski definition) is 3. The van der Waals surface area contributed by atoms with Gasteiger partial charge in [-0.1, -0.05) is 25.0 Å². The Morgan fingerprint density at radius 2 is 2.06 bits per heavy atom. The van der Waals surface area contributed by atoms with E-state index in [1.807, 2.05) is 25.1 Å². The first-order valence-electron chi connectivity index (χ1n) is 6.60. The highest BCUT2D eigenvalue weighted by molar-refractivity contribution is 5.98. The van der Waals surface area contributed by atoms with E-state index in [0.717, 1.165) is 25.1 Å². The first-order chi connectivity index (χ1) is 8.81. The average Bonchev–Trinajstić information content (AvgIpc) is 2.90. The first-order valence-corrected chi connectivity index (χ1v) is 6.60. The van der Waals surface area contributed by atoms with Crippen LogP contribution in [0.1, 0.15) is 43.0 Å². The van der Waals surface area contributed by atoms with Crippen LogP contribution in [0.25, 0.3) is 0 Å². The summed E-state index contributed by atoms with van der Waals surface area (Å²) in [6.07, 6.45) is 4.63. The van der Waals surface area contributed by atoms with Crippen LogP contribution in [0.4, 0.5) is 5.69 Å². The minimum atomic E-state index is -0.182. The Morgan fingerprint density at radius 3 is 2.78 bits per heavy atom. The van der Waals surface area contributed by atoms with E-state index < -0.39 is 0 Å². The highest BCUT2D eigenvalue weighted by Crippen LogP contribution is 2.20. The standard InChI is InChI=1S/C14H20N2O2/c1-2-15-13-10-6-5-9-12(13)14(17)16-18-11-7-3-4-8-11/h5-6,9-11,15H,2-4,7-8H2,1H3,(H,16,17). The maximum Gasteiger partial charge on any atom is 0.276 e. The van der Waals surface area contributed by atoms with E-state index >= 15 is 0 Å². The number of rotatable bonds is 5. The third-order valence-corrected chi connectivity index (χ3v) is 3.16. The summed E-state index contributed by atoms with van der Waals surface area (Å²) >= 11 is 0. The van der Waals surface area contributed by atoms with Gasteiger partial charge in [-0.25, -0.2) is 5.48 Å². The number of anilines is 1. The molecule has 0 atom stereocenters. The first kappa shape index (κ1) is 12.9. The molecule has 1 saturated carbocycles. The van der Waals surface area contributed by atoms with Crippen molar-refractivity contribution in [1.82, 2.24) is 5.48 Å². The Kier molecular flexibility index (Phi) is 4.59. The zero-order valence-electron chi connectivity index (χ0n) is 10.7. The largest absolute Gasteiger partial charge is 0.385 e. The van der Waals surface area contributed by atoms with Gasteiger partial charge < -0.3 is 5.32 Å². The van der Waals surface area contributed by atoms with Gasteiger partial charge in [-0.2, -0.15) is 0 Å². The van der Waals surface area contributed by atoms with Crippen molar-refractivity contribution >= 4 is 11.6 Å². The van der Waals surface area contributed by atoms with E-state index in [1.165, 1.54) is 12.8 Å². The summed E-state index contributed by atoms with van der Waals surface area (Å²) in [6.45, 7) is 2.79. The van der Waals surface area contributed by atoms with Crippen molar-refractivity contribution in [3.63, 3.8) is 0 Å². The molecule has 0 saturated heterocycles. The van der Waals surface area contributed by atoms with Gasteiger partial charge in [0.25, 0.3) is 5.91 Å². The van der Waals surface area contributed by atoms with Crippen molar-refractivity contribution in [2.24, 2.45) is 0 Å². The highest BCUT2D eigenvalue weighted by atomic mass is 16.7. The lowest BCUT2D eigenvalue weighted by atomic mass is 10.1. The zero-order chi connectivity index (χ0) is 12.8. The molecule has 18 heavy (non-hydrogen) atoms. The van der Waals surface area contributed by atoms with Gasteiger partial charge in [0.1, 0.15) is 0 Å². The molecule has 0 aliphatic heterocycles. The third kappa shape index (κ3) is 3.23. The Labute approximate surface area is 108 Å². The second kappa shape index (κ2) is 6.40. The van der Waals surface area contributed by atoms with Crippen LogP contribution >= 0.6 is 0 Å². The molecule has 1 amide bonds. The van der Waals surface area contributed by atoms with E-state index in [9.17, 15) is 4.79 Å². The van der Waals surface area contributed by atoms with Crippen molar-refractivity contribution in [1.29, 1.82) is 0 Å². The normalized spacial score (nSPS) is 15.6. The molecular weight excluding hydrogens is 228 g/mol. The molecule has 4 nitrogen and oxygen atoms in total. The molecule has 1 aromatic carbocycles. The van der Waals surface area contributed by atoms with Crippen molar-refractivity contribution in [2.75, 3.05) is 11.9 Å². The number of hydrogen-bond donors (Lipinski definition) is 2. The summed E-state index contributed by atoms with van der Waals surface area (Å²) in [7, 11) is 0. The van der Waals surface area contributed by atoms with Gasteiger partial charge in [-0.3, -0.25) is 9.63 Å². The van der Waals surface area contributed by atoms with Crippen LogP contribution in [0.3, 0.4) is 0 Å². The molecule has 0 radical (unpaired) electrons. The van der Waals surface area contributed by atoms with Crippen LogP contribution in [-0.2, 0) is 4.84 Å². The Morgan fingerprint density at radius 1 is 1.33 bits per heavy atom. The van der Waals surface area contributed by atoms with Crippen LogP contribution in [0, 0.1) is 0 Å².